The van der Waals surface area contributed by atoms with E-state index in [1.807, 2.05) is 30.3 Å². The quantitative estimate of drug-likeness (QED) is 0.338. The van der Waals surface area contributed by atoms with Crippen LogP contribution in [0.4, 0.5) is 5.82 Å². The van der Waals surface area contributed by atoms with Crippen molar-refractivity contribution in [3.8, 4) is 11.5 Å². The molecule has 1 unspecified atom stereocenters. The van der Waals surface area contributed by atoms with Crippen molar-refractivity contribution in [1.29, 1.82) is 0 Å². The van der Waals surface area contributed by atoms with Gasteiger partial charge in [0.2, 0.25) is 0 Å². The third-order valence-corrected chi connectivity index (χ3v) is 5.58. The molecule has 4 rings (SSSR count). The number of aromatic nitrogens is 2. The largest absolute Gasteiger partial charge is 0.493 e. The number of rotatable bonds is 8. The molecule has 1 aromatic heterocycles. The lowest BCUT2D eigenvalue weighted by Gasteiger charge is -2.29. The highest BCUT2D eigenvalue weighted by molar-refractivity contribution is 5.94. The molecule has 0 saturated heterocycles. The normalized spacial score (nSPS) is 14.5. The number of anilines is 1. The molecule has 180 valence electrons. The van der Waals surface area contributed by atoms with Crippen molar-refractivity contribution >= 4 is 11.8 Å². The third-order valence-electron chi connectivity index (χ3n) is 5.58. The van der Waals surface area contributed by atoms with Crippen molar-refractivity contribution in [2.45, 2.75) is 19.4 Å². The van der Waals surface area contributed by atoms with Crippen LogP contribution in [0.2, 0.25) is 0 Å². The number of benzene rings is 2. The van der Waals surface area contributed by atoms with E-state index in [1.54, 1.807) is 25.1 Å². The molecule has 3 aromatic rings. The zero-order chi connectivity index (χ0) is 24.9. The number of esters is 1. The lowest BCUT2D eigenvalue weighted by Crippen LogP contribution is -2.35. The van der Waals surface area contributed by atoms with Crippen LogP contribution in [0.15, 0.2) is 82.0 Å². The van der Waals surface area contributed by atoms with Gasteiger partial charge in [-0.25, -0.2) is 9.59 Å². The van der Waals surface area contributed by atoms with Gasteiger partial charge in [-0.05, 0) is 30.2 Å². The number of hydrogen-bond acceptors (Lipinski definition) is 7. The second kappa shape index (κ2) is 10.2. The Morgan fingerprint density at radius 1 is 1.09 bits per heavy atom. The molecule has 0 aliphatic carbocycles. The second-order valence-electron chi connectivity index (χ2n) is 7.87. The van der Waals surface area contributed by atoms with Gasteiger partial charge in [0.15, 0.2) is 11.5 Å². The molecule has 1 aliphatic heterocycles. The monoisotopic (exact) mass is 475 g/mol. The molecule has 35 heavy (non-hydrogen) atoms. The number of allylic oxidation sites excluding steroid dienone is 1. The van der Waals surface area contributed by atoms with E-state index in [1.165, 1.54) is 13.2 Å². The summed E-state index contributed by atoms with van der Waals surface area (Å²) in [5.41, 5.74) is 1.12. The smallest absolute Gasteiger partial charge is 0.337 e. The lowest BCUT2D eigenvalue weighted by atomic mass is 9.82. The first-order valence-corrected chi connectivity index (χ1v) is 10.9. The minimum atomic E-state index is -0.839. The van der Waals surface area contributed by atoms with Gasteiger partial charge < -0.3 is 19.5 Å². The summed E-state index contributed by atoms with van der Waals surface area (Å²) in [5, 5.41) is 2.95. The minimum absolute atomic E-state index is 0.00518. The molecule has 0 bridgehead atoms. The van der Waals surface area contributed by atoms with Crippen LogP contribution < -0.4 is 26.0 Å². The molecule has 1 atom stereocenters. The van der Waals surface area contributed by atoms with E-state index >= 15 is 0 Å². The number of carbonyl (C=O) groups is 1. The van der Waals surface area contributed by atoms with E-state index in [9.17, 15) is 14.4 Å². The molecule has 2 aromatic carbocycles. The first-order chi connectivity index (χ1) is 16.9. The number of carbonyl (C=O) groups excluding carboxylic acids is 1. The highest BCUT2D eigenvalue weighted by Gasteiger charge is 2.36. The molecule has 9 heteroatoms. The molecular weight excluding hydrogens is 450 g/mol. The van der Waals surface area contributed by atoms with Crippen LogP contribution in [0.5, 0.6) is 11.5 Å². The molecule has 1 aliphatic rings. The van der Waals surface area contributed by atoms with Crippen molar-refractivity contribution < 1.29 is 19.0 Å². The molecule has 3 N–H and O–H groups in total. The van der Waals surface area contributed by atoms with Gasteiger partial charge in [0.1, 0.15) is 19.0 Å². The van der Waals surface area contributed by atoms with E-state index in [-0.39, 0.29) is 23.6 Å². The average Bonchev–Trinajstić information content (AvgIpc) is 2.85. The predicted molar refractivity (Wildman–Crippen MR) is 131 cm³/mol. The highest BCUT2D eigenvalue weighted by Crippen LogP contribution is 2.42. The number of nitrogens with one attached hydrogen (secondary N) is 3. The van der Waals surface area contributed by atoms with Crippen molar-refractivity contribution in [3.05, 3.63) is 110 Å². The maximum absolute atomic E-state index is 13.0. The Morgan fingerprint density at radius 2 is 1.86 bits per heavy atom. The van der Waals surface area contributed by atoms with Crippen LogP contribution in [0, 0.1) is 0 Å². The molecule has 2 heterocycles. The van der Waals surface area contributed by atoms with Crippen LogP contribution in [-0.4, -0.2) is 29.7 Å². The van der Waals surface area contributed by atoms with E-state index in [2.05, 4.69) is 21.9 Å². The maximum atomic E-state index is 13.0. The van der Waals surface area contributed by atoms with Crippen molar-refractivity contribution in [1.82, 2.24) is 9.97 Å². The maximum Gasteiger partial charge on any atom is 0.337 e. The number of hydrogen-bond donors (Lipinski definition) is 3. The minimum Gasteiger partial charge on any atom is -0.493 e. The van der Waals surface area contributed by atoms with Crippen molar-refractivity contribution in [3.63, 3.8) is 0 Å². The average molecular weight is 476 g/mol. The Bertz CT molecular complexity index is 1400. The Kier molecular flexibility index (Phi) is 6.86. The molecule has 0 saturated carbocycles. The van der Waals surface area contributed by atoms with Crippen LogP contribution in [0.3, 0.4) is 0 Å². The summed E-state index contributed by atoms with van der Waals surface area (Å²) in [4.78, 5) is 42.7. The Hall–Kier alpha value is -4.53. The standard InChI is InChI=1S/C26H25N3O6/c1-4-12-34-25(31)20-15(2)27-23-22(24(30)29-26(32)28-23)21(20)17-10-11-18(33-3)19(13-17)35-14-16-8-6-5-7-9-16/h4-11,13,21H,1,12,14H2,2-3H3,(H3,27,28,29,30,32). The van der Waals surface area contributed by atoms with E-state index in [0.717, 1.165) is 5.56 Å². The van der Waals surface area contributed by atoms with Crippen LogP contribution in [0.1, 0.15) is 29.5 Å². The fraction of sp³-hybridized carbons (Fsp3) is 0.192. The summed E-state index contributed by atoms with van der Waals surface area (Å²) in [6, 6.07) is 14.8. The van der Waals surface area contributed by atoms with Gasteiger partial charge in [0.05, 0.1) is 24.2 Å². The second-order valence-corrected chi connectivity index (χ2v) is 7.87. The number of methoxy groups -OCH3 is 1. The van der Waals surface area contributed by atoms with Gasteiger partial charge in [-0.1, -0.05) is 49.1 Å². The zero-order valence-corrected chi connectivity index (χ0v) is 19.3. The van der Waals surface area contributed by atoms with Gasteiger partial charge in [-0.3, -0.25) is 14.8 Å². The summed E-state index contributed by atoms with van der Waals surface area (Å²) in [6.07, 6.45) is 1.46. The number of fused-ring (bicyclic) bond motifs is 1. The summed E-state index contributed by atoms with van der Waals surface area (Å²) < 4.78 is 16.8. The van der Waals surface area contributed by atoms with Crippen LogP contribution in [0.25, 0.3) is 0 Å². The third kappa shape index (κ3) is 4.89. The molecular formula is C26H25N3O6. The summed E-state index contributed by atoms with van der Waals surface area (Å²) in [6.45, 7) is 5.55. The first-order valence-electron chi connectivity index (χ1n) is 10.9. The van der Waals surface area contributed by atoms with Gasteiger partial charge in [0.25, 0.3) is 5.56 Å². The predicted octanol–water partition coefficient (Wildman–Crippen LogP) is 3.21. The highest BCUT2D eigenvalue weighted by atomic mass is 16.5. The Balaban J connectivity index is 1.83. The topological polar surface area (TPSA) is 123 Å². The van der Waals surface area contributed by atoms with Gasteiger partial charge >= 0.3 is 11.7 Å². The first kappa shape index (κ1) is 23.6. The van der Waals surface area contributed by atoms with Gasteiger partial charge in [-0.2, -0.15) is 0 Å². The number of H-pyrrole nitrogens is 2. The van der Waals surface area contributed by atoms with E-state index in [4.69, 9.17) is 14.2 Å². The fourth-order valence-corrected chi connectivity index (χ4v) is 4.02. The van der Waals surface area contributed by atoms with Crippen molar-refractivity contribution in [2.75, 3.05) is 19.0 Å². The van der Waals surface area contributed by atoms with Crippen molar-refractivity contribution in [2.24, 2.45) is 0 Å². The SMILES string of the molecule is C=CCOC(=O)C1=C(C)Nc2[nH]c(=O)[nH]c(=O)c2C1c1ccc(OC)c(OCc2ccccc2)c1. The Labute approximate surface area is 201 Å². The molecule has 0 spiro atoms. The fourth-order valence-electron chi connectivity index (χ4n) is 4.02. The van der Waals surface area contributed by atoms with Gasteiger partial charge in [-0.15, -0.1) is 0 Å². The zero-order valence-electron chi connectivity index (χ0n) is 19.3. The molecule has 0 fully saturated rings. The van der Waals surface area contributed by atoms with Crippen LogP contribution >= 0.6 is 0 Å². The lowest BCUT2D eigenvalue weighted by molar-refractivity contribution is -0.138. The van der Waals surface area contributed by atoms with Gasteiger partial charge in [0, 0.05) is 5.70 Å². The molecule has 9 nitrogen and oxygen atoms in total. The number of ether oxygens (including phenoxy) is 3. The Morgan fingerprint density at radius 3 is 2.57 bits per heavy atom. The number of aromatic amines is 2. The van der Waals surface area contributed by atoms with E-state index in [0.29, 0.717) is 29.4 Å². The summed E-state index contributed by atoms with van der Waals surface area (Å²) in [7, 11) is 1.53. The summed E-state index contributed by atoms with van der Waals surface area (Å²) in [5.74, 6) is -0.311. The summed E-state index contributed by atoms with van der Waals surface area (Å²) >= 11 is 0. The molecule has 0 radical (unpaired) electrons. The van der Waals surface area contributed by atoms with Crippen LogP contribution in [-0.2, 0) is 16.1 Å². The van der Waals surface area contributed by atoms with E-state index < -0.39 is 23.1 Å². The molecule has 0 amide bonds.